The molecule has 0 amide bonds. The highest BCUT2D eigenvalue weighted by Crippen LogP contribution is 2.37. The Morgan fingerprint density at radius 1 is 1.44 bits per heavy atom. The van der Waals surface area contributed by atoms with Crippen LogP contribution in [0.4, 0.5) is 21.5 Å². The first-order chi connectivity index (χ1) is 8.41. The molecule has 1 aromatic rings. The van der Waals surface area contributed by atoms with Gasteiger partial charge in [-0.2, -0.15) is 0 Å². The number of benzene rings is 1. The van der Waals surface area contributed by atoms with Crippen LogP contribution in [0.25, 0.3) is 0 Å². The number of aliphatic hydroxyl groups excluding tert-OH is 1. The second kappa shape index (κ2) is 4.82. The molecule has 5 N–H and O–H groups in total. The lowest BCUT2D eigenvalue weighted by Gasteiger charge is -2.36. The van der Waals surface area contributed by atoms with Crippen molar-refractivity contribution in [3.63, 3.8) is 0 Å². The van der Waals surface area contributed by atoms with Crippen LogP contribution in [-0.2, 0) is 0 Å². The zero-order valence-electron chi connectivity index (χ0n) is 10.2. The van der Waals surface area contributed by atoms with Crippen LogP contribution in [0, 0.1) is 11.7 Å². The van der Waals surface area contributed by atoms with Crippen LogP contribution in [0.15, 0.2) is 6.07 Å². The molecule has 1 aliphatic heterocycles. The van der Waals surface area contributed by atoms with E-state index in [1.807, 2.05) is 6.92 Å². The monoisotopic (exact) mass is 273 g/mol. The summed E-state index contributed by atoms with van der Waals surface area (Å²) in [6.45, 7) is 2.96. The van der Waals surface area contributed by atoms with Crippen LogP contribution >= 0.6 is 11.6 Å². The average Bonchev–Trinajstić information content (AvgIpc) is 2.31. The third-order valence-corrected chi connectivity index (χ3v) is 3.86. The van der Waals surface area contributed by atoms with Gasteiger partial charge in [-0.05, 0) is 18.4 Å². The molecule has 0 bridgehead atoms. The summed E-state index contributed by atoms with van der Waals surface area (Å²) in [6.07, 6.45) is 0.288. The summed E-state index contributed by atoms with van der Waals surface area (Å²) in [6, 6.07) is 1.45. The van der Waals surface area contributed by atoms with Crippen molar-refractivity contribution in [3.05, 3.63) is 16.9 Å². The molecule has 2 rings (SSSR count). The average molecular weight is 274 g/mol. The molecule has 6 heteroatoms. The van der Waals surface area contributed by atoms with Crippen molar-refractivity contribution in [2.75, 3.05) is 29.5 Å². The number of halogens is 2. The van der Waals surface area contributed by atoms with Gasteiger partial charge in [0.1, 0.15) is 5.02 Å². The lowest BCUT2D eigenvalue weighted by molar-refractivity contribution is 0.103. The maximum atomic E-state index is 14.1. The van der Waals surface area contributed by atoms with E-state index in [1.165, 1.54) is 6.07 Å². The van der Waals surface area contributed by atoms with Gasteiger partial charge in [0.05, 0.1) is 23.2 Å². The van der Waals surface area contributed by atoms with E-state index in [1.54, 1.807) is 4.90 Å². The number of hydrogen-bond donors (Lipinski definition) is 3. The van der Waals surface area contributed by atoms with Crippen molar-refractivity contribution in [1.29, 1.82) is 0 Å². The number of rotatable bonds is 1. The number of nitrogens with two attached hydrogens (primary N) is 2. The first-order valence-corrected chi connectivity index (χ1v) is 6.25. The Bertz CT molecular complexity index is 469. The van der Waals surface area contributed by atoms with E-state index in [0.717, 1.165) is 6.42 Å². The van der Waals surface area contributed by atoms with Crippen molar-refractivity contribution in [2.24, 2.45) is 5.92 Å². The lowest BCUT2D eigenvalue weighted by atomic mass is 9.95. The molecule has 0 aliphatic carbocycles. The summed E-state index contributed by atoms with van der Waals surface area (Å²) in [4.78, 5) is 1.72. The smallest absolute Gasteiger partial charge is 0.169 e. The molecule has 1 heterocycles. The molecule has 1 aromatic carbocycles. The van der Waals surface area contributed by atoms with E-state index in [2.05, 4.69) is 0 Å². The molecule has 2 atom stereocenters. The maximum absolute atomic E-state index is 14.1. The van der Waals surface area contributed by atoms with Crippen LogP contribution < -0.4 is 16.4 Å². The van der Waals surface area contributed by atoms with Gasteiger partial charge in [0.2, 0.25) is 0 Å². The van der Waals surface area contributed by atoms with Crippen molar-refractivity contribution in [3.8, 4) is 0 Å². The summed E-state index contributed by atoms with van der Waals surface area (Å²) >= 11 is 5.79. The number of piperidine rings is 1. The molecular weight excluding hydrogens is 257 g/mol. The molecule has 0 saturated carbocycles. The zero-order valence-corrected chi connectivity index (χ0v) is 10.9. The van der Waals surface area contributed by atoms with E-state index in [9.17, 15) is 9.50 Å². The van der Waals surface area contributed by atoms with E-state index in [4.69, 9.17) is 23.1 Å². The van der Waals surface area contributed by atoms with Gasteiger partial charge in [-0.3, -0.25) is 0 Å². The van der Waals surface area contributed by atoms with E-state index >= 15 is 0 Å². The minimum Gasteiger partial charge on any atom is -0.397 e. The van der Waals surface area contributed by atoms with Gasteiger partial charge < -0.3 is 21.5 Å². The number of aliphatic hydroxyl groups is 1. The van der Waals surface area contributed by atoms with Crippen LogP contribution in [0.5, 0.6) is 0 Å². The molecule has 2 unspecified atom stereocenters. The highest BCUT2D eigenvalue weighted by molar-refractivity contribution is 6.33. The number of nitrogens with zero attached hydrogens (tertiary/aromatic N) is 1. The Kier molecular flexibility index (Phi) is 3.54. The van der Waals surface area contributed by atoms with Crippen LogP contribution in [0.1, 0.15) is 13.3 Å². The SMILES string of the molecule is CC1CCN(c2c(N)cc(N)c(Cl)c2F)CC1O. The Morgan fingerprint density at radius 2 is 2.11 bits per heavy atom. The normalized spacial score (nSPS) is 24.3. The van der Waals surface area contributed by atoms with E-state index in [-0.39, 0.29) is 28.0 Å². The highest BCUT2D eigenvalue weighted by Gasteiger charge is 2.28. The maximum Gasteiger partial charge on any atom is 0.169 e. The van der Waals surface area contributed by atoms with Gasteiger partial charge in [-0.1, -0.05) is 18.5 Å². The molecule has 1 fully saturated rings. The first kappa shape index (κ1) is 13.2. The molecule has 100 valence electrons. The number of anilines is 3. The number of β-amino-alcohol motifs (C(OH)–C–C–N with tert-alkyl or cyclic N) is 1. The summed E-state index contributed by atoms with van der Waals surface area (Å²) < 4.78 is 14.1. The highest BCUT2D eigenvalue weighted by atomic mass is 35.5. The molecule has 18 heavy (non-hydrogen) atoms. The second-order valence-electron chi connectivity index (χ2n) is 4.81. The topological polar surface area (TPSA) is 75.5 Å². The molecule has 1 saturated heterocycles. The summed E-state index contributed by atoms with van der Waals surface area (Å²) in [5, 5.41) is 9.73. The third kappa shape index (κ3) is 2.20. The summed E-state index contributed by atoms with van der Waals surface area (Å²) in [5.74, 6) is -0.411. The van der Waals surface area contributed by atoms with E-state index in [0.29, 0.717) is 13.1 Å². The third-order valence-electron chi connectivity index (χ3n) is 3.47. The molecule has 0 aromatic heterocycles. The fourth-order valence-electron chi connectivity index (χ4n) is 2.23. The minimum absolute atomic E-state index is 0.118. The lowest BCUT2D eigenvalue weighted by Crippen LogP contribution is -2.43. The Morgan fingerprint density at radius 3 is 2.72 bits per heavy atom. The Hall–Kier alpha value is -1.20. The van der Waals surface area contributed by atoms with Crippen molar-refractivity contribution in [1.82, 2.24) is 0 Å². The fourth-order valence-corrected chi connectivity index (χ4v) is 2.37. The van der Waals surface area contributed by atoms with Gasteiger partial charge in [0, 0.05) is 13.1 Å². The van der Waals surface area contributed by atoms with Crippen molar-refractivity contribution < 1.29 is 9.50 Å². The minimum atomic E-state index is -0.615. The van der Waals surface area contributed by atoms with Gasteiger partial charge >= 0.3 is 0 Å². The van der Waals surface area contributed by atoms with Crippen molar-refractivity contribution >= 4 is 28.7 Å². The standard InChI is InChI=1S/C12H17ClFN3O/c1-6-2-3-17(5-9(6)18)12-8(16)4-7(15)10(13)11(12)14/h4,6,9,18H,2-3,5,15-16H2,1H3. The van der Waals surface area contributed by atoms with Crippen LogP contribution in [-0.4, -0.2) is 24.3 Å². The quantitative estimate of drug-likeness (QED) is 0.683. The van der Waals surface area contributed by atoms with Gasteiger partial charge in [0.25, 0.3) is 0 Å². The van der Waals surface area contributed by atoms with Gasteiger partial charge in [0.15, 0.2) is 5.82 Å². The largest absolute Gasteiger partial charge is 0.397 e. The van der Waals surface area contributed by atoms with Gasteiger partial charge in [-0.25, -0.2) is 4.39 Å². The molecule has 0 radical (unpaired) electrons. The zero-order chi connectivity index (χ0) is 13.4. The Balaban J connectivity index is 2.37. The second-order valence-corrected chi connectivity index (χ2v) is 5.19. The van der Waals surface area contributed by atoms with Crippen molar-refractivity contribution in [2.45, 2.75) is 19.4 Å². The molecule has 1 aliphatic rings. The molecular formula is C12H17ClFN3O. The molecule has 0 spiro atoms. The molecule has 4 nitrogen and oxygen atoms in total. The first-order valence-electron chi connectivity index (χ1n) is 5.87. The summed E-state index contributed by atoms with van der Waals surface area (Å²) in [5.41, 5.74) is 12.0. The van der Waals surface area contributed by atoms with E-state index < -0.39 is 11.9 Å². The van der Waals surface area contributed by atoms with Crippen LogP contribution in [0.2, 0.25) is 5.02 Å². The summed E-state index contributed by atoms with van der Waals surface area (Å²) in [7, 11) is 0. The fraction of sp³-hybridized carbons (Fsp3) is 0.500. The predicted octanol–water partition coefficient (Wildman–Crippen LogP) is 1.85. The number of hydrogen-bond acceptors (Lipinski definition) is 4. The Labute approximate surface area is 110 Å². The number of nitrogen functional groups attached to an aromatic ring is 2. The van der Waals surface area contributed by atoms with Crippen LogP contribution in [0.3, 0.4) is 0 Å². The van der Waals surface area contributed by atoms with Gasteiger partial charge in [-0.15, -0.1) is 0 Å². The predicted molar refractivity (Wildman–Crippen MR) is 72.2 cm³/mol.